The lowest BCUT2D eigenvalue weighted by Crippen LogP contribution is -2.40. The van der Waals surface area contributed by atoms with Gasteiger partial charge in [0.05, 0.1) is 4.92 Å². The highest BCUT2D eigenvalue weighted by atomic mass is 16.6. The minimum Gasteiger partial charge on any atom is -0.452 e. The fourth-order valence-corrected chi connectivity index (χ4v) is 4.12. The molecule has 0 N–H and O–H groups in total. The summed E-state index contributed by atoms with van der Waals surface area (Å²) in [7, 11) is 0. The number of hydrogen-bond acceptors (Lipinski definition) is 7. The van der Waals surface area contributed by atoms with Crippen LogP contribution in [0.3, 0.4) is 0 Å². The molecule has 9 heteroatoms. The standard InChI is InChI=1S/C26H20N2O7/c1-15(2)27(16-8-4-3-5-9-16)21(29)14-35-26(32)20-13-12-19-22(23(20)28(33)34)25(31)18-11-7-6-10-17(18)24(19)30/h3-13,15H,14H2,1-2H3. The van der Waals surface area contributed by atoms with Gasteiger partial charge in [0.25, 0.3) is 11.6 Å². The van der Waals surface area contributed by atoms with E-state index in [-0.39, 0.29) is 22.7 Å². The molecule has 3 aromatic carbocycles. The van der Waals surface area contributed by atoms with Gasteiger partial charge in [0.2, 0.25) is 5.78 Å². The Balaban J connectivity index is 1.65. The van der Waals surface area contributed by atoms with Gasteiger partial charge in [-0.25, -0.2) is 4.79 Å². The Bertz CT molecular complexity index is 1380. The van der Waals surface area contributed by atoms with Crippen molar-refractivity contribution in [3.63, 3.8) is 0 Å². The van der Waals surface area contributed by atoms with Gasteiger partial charge < -0.3 is 9.64 Å². The van der Waals surface area contributed by atoms with Crippen LogP contribution in [0.5, 0.6) is 0 Å². The summed E-state index contributed by atoms with van der Waals surface area (Å²) in [6.45, 7) is 2.92. The number of carbonyl (C=O) groups is 4. The molecular weight excluding hydrogens is 452 g/mol. The van der Waals surface area contributed by atoms with E-state index in [1.807, 2.05) is 0 Å². The monoisotopic (exact) mass is 472 g/mol. The number of fused-ring (bicyclic) bond motifs is 2. The number of hydrogen-bond donors (Lipinski definition) is 0. The first-order valence-corrected chi connectivity index (χ1v) is 10.8. The van der Waals surface area contributed by atoms with Gasteiger partial charge in [0.15, 0.2) is 12.4 Å². The molecule has 0 saturated carbocycles. The molecule has 0 aromatic heterocycles. The molecule has 9 nitrogen and oxygen atoms in total. The summed E-state index contributed by atoms with van der Waals surface area (Å²) in [6, 6.07) is 16.8. The van der Waals surface area contributed by atoms with Gasteiger partial charge in [-0.3, -0.25) is 24.5 Å². The number of esters is 1. The molecule has 3 aromatic rings. The van der Waals surface area contributed by atoms with Crippen molar-refractivity contribution in [3.05, 3.63) is 105 Å². The predicted molar refractivity (Wildman–Crippen MR) is 126 cm³/mol. The Morgan fingerprint density at radius 1 is 0.886 bits per heavy atom. The van der Waals surface area contributed by atoms with Crippen molar-refractivity contribution in [2.45, 2.75) is 19.9 Å². The first-order chi connectivity index (χ1) is 16.7. The Morgan fingerprint density at radius 3 is 2.09 bits per heavy atom. The van der Waals surface area contributed by atoms with Crippen molar-refractivity contribution in [2.75, 3.05) is 11.5 Å². The number of benzene rings is 3. The first kappa shape index (κ1) is 23.5. The second-order valence-electron chi connectivity index (χ2n) is 8.11. The van der Waals surface area contributed by atoms with E-state index in [1.54, 1.807) is 50.2 Å². The minimum atomic E-state index is -1.15. The SMILES string of the molecule is CC(C)N(C(=O)COC(=O)c1ccc2c(c1[N+](=O)[O-])C(=O)c1ccccc1C2=O)c1ccccc1. The van der Waals surface area contributed by atoms with E-state index in [0.717, 1.165) is 6.07 Å². The van der Waals surface area contributed by atoms with E-state index in [2.05, 4.69) is 0 Å². The molecule has 1 aliphatic rings. The van der Waals surface area contributed by atoms with Crippen LogP contribution in [0.2, 0.25) is 0 Å². The third kappa shape index (κ3) is 4.19. The highest BCUT2D eigenvalue weighted by molar-refractivity contribution is 6.30. The number of para-hydroxylation sites is 1. The normalized spacial score (nSPS) is 12.1. The number of carbonyl (C=O) groups excluding carboxylic acids is 4. The molecule has 0 fully saturated rings. The van der Waals surface area contributed by atoms with Crippen molar-refractivity contribution < 1.29 is 28.8 Å². The van der Waals surface area contributed by atoms with Crippen LogP contribution < -0.4 is 4.90 Å². The maximum absolute atomic E-state index is 13.1. The quantitative estimate of drug-likeness (QED) is 0.236. The van der Waals surface area contributed by atoms with Crippen molar-refractivity contribution in [2.24, 2.45) is 0 Å². The van der Waals surface area contributed by atoms with E-state index in [0.29, 0.717) is 5.69 Å². The number of nitro benzene ring substituents is 1. The Hall–Kier alpha value is -4.66. The highest BCUT2D eigenvalue weighted by Gasteiger charge is 2.39. The van der Waals surface area contributed by atoms with Crippen LogP contribution in [-0.4, -0.2) is 41.0 Å². The maximum atomic E-state index is 13.1. The minimum absolute atomic E-state index is 0.0178. The van der Waals surface area contributed by atoms with Crippen LogP contribution in [0, 0.1) is 10.1 Å². The Labute approximate surface area is 200 Å². The molecule has 1 aliphatic carbocycles. The van der Waals surface area contributed by atoms with Gasteiger partial charge in [-0.05, 0) is 38.1 Å². The summed E-state index contributed by atoms with van der Waals surface area (Å²) in [5.41, 5.74) is -1.21. The van der Waals surface area contributed by atoms with Crippen LogP contribution in [0.4, 0.5) is 11.4 Å². The summed E-state index contributed by atoms with van der Waals surface area (Å²) in [6.07, 6.45) is 0. The topological polar surface area (TPSA) is 124 Å². The zero-order chi connectivity index (χ0) is 25.3. The van der Waals surface area contributed by atoms with Gasteiger partial charge in [0.1, 0.15) is 11.1 Å². The van der Waals surface area contributed by atoms with Crippen LogP contribution >= 0.6 is 0 Å². The number of rotatable bonds is 6. The molecular formula is C26H20N2O7. The summed E-state index contributed by atoms with van der Waals surface area (Å²) >= 11 is 0. The third-order valence-corrected chi connectivity index (χ3v) is 5.61. The molecule has 0 spiro atoms. The van der Waals surface area contributed by atoms with E-state index >= 15 is 0 Å². The number of nitrogens with zero attached hydrogens (tertiary/aromatic N) is 2. The number of anilines is 1. The molecule has 0 bridgehead atoms. The van der Waals surface area contributed by atoms with Gasteiger partial charge >= 0.3 is 5.97 Å². The van der Waals surface area contributed by atoms with Crippen molar-refractivity contribution in [3.8, 4) is 0 Å². The first-order valence-electron chi connectivity index (χ1n) is 10.8. The average molecular weight is 472 g/mol. The summed E-state index contributed by atoms with van der Waals surface area (Å²) < 4.78 is 5.13. The molecule has 0 saturated heterocycles. The van der Waals surface area contributed by atoms with Gasteiger partial charge in [-0.1, -0.05) is 42.5 Å². The number of ether oxygens (including phenoxy) is 1. The predicted octanol–water partition coefficient (Wildman–Crippen LogP) is 3.97. The van der Waals surface area contributed by atoms with Crippen molar-refractivity contribution in [1.29, 1.82) is 0 Å². The summed E-state index contributed by atoms with van der Waals surface area (Å²) in [5, 5.41) is 11.9. The fourth-order valence-electron chi connectivity index (χ4n) is 4.12. The molecule has 0 heterocycles. The maximum Gasteiger partial charge on any atom is 0.345 e. The van der Waals surface area contributed by atoms with Crippen LogP contribution in [0.1, 0.15) is 56.0 Å². The fraction of sp³-hybridized carbons (Fsp3) is 0.154. The number of ketones is 2. The smallest absolute Gasteiger partial charge is 0.345 e. The van der Waals surface area contributed by atoms with E-state index < -0.39 is 51.8 Å². The lowest BCUT2D eigenvalue weighted by atomic mass is 9.82. The lowest BCUT2D eigenvalue weighted by molar-refractivity contribution is -0.385. The highest BCUT2D eigenvalue weighted by Crippen LogP contribution is 2.35. The Kier molecular flexibility index (Phi) is 6.24. The van der Waals surface area contributed by atoms with Crippen LogP contribution in [-0.2, 0) is 9.53 Å². The second-order valence-corrected chi connectivity index (χ2v) is 8.11. The molecule has 0 atom stereocenters. The van der Waals surface area contributed by atoms with Gasteiger partial charge in [-0.2, -0.15) is 0 Å². The zero-order valence-corrected chi connectivity index (χ0v) is 18.9. The third-order valence-electron chi connectivity index (χ3n) is 5.61. The van der Waals surface area contributed by atoms with E-state index in [9.17, 15) is 29.3 Å². The zero-order valence-electron chi connectivity index (χ0n) is 18.9. The number of nitro groups is 1. The van der Waals surface area contributed by atoms with E-state index in [4.69, 9.17) is 4.74 Å². The molecule has 176 valence electrons. The van der Waals surface area contributed by atoms with Crippen LogP contribution in [0.15, 0.2) is 66.7 Å². The summed E-state index contributed by atoms with van der Waals surface area (Å²) in [5.74, 6) is -2.96. The molecule has 35 heavy (non-hydrogen) atoms. The number of amides is 1. The average Bonchev–Trinajstić information content (AvgIpc) is 2.85. The molecule has 1 amide bonds. The van der Waals surface area contributed by atoms with Gasteiger partial charge in [-0.15, -0.1) is 0 Å². The van der Waals surface area contributed by atoms with Gasteiger partial charge in [0, 0.05) is 28.4 Å². The van der Waals surface area contributed by atoms with E-state index in [1.165, 1.54) is 29.2 Å². The Morgan fingerprint density at radius 2 is 1.49 bits per heavy atom. The largest absolute Gasteiger partial charge is 0.452 e. The van der Waals surface area contributed by atoms with Crippen molar-refractivity contribution >= 4 is 34.8 Å². The summed E-state index contributed by atoms with van der Waals surface area (Å²) in [4.78, 5) is 64.1. The van der Waals surface area contributed by atoms with Crippen LogP contribution in [0.25, 0.3) is 0 Å². The lowest BCUT2D eigenvalue weighted by Gasteiger charge is -2.26. The van der Waals surface area contributed by atoms with Crippen molar-refractivity contribution in [1.82, 2.24) is 0 Å². The molecule has 0 aliphatic heterocycles. The molecule has 0 unspecified atom stereocenters. The molecule has 0 radical (unpaired) electrons. The molecule has 4 rings (SSSR count). The second kappa shape index (κ2) is 9.30.